The highest BCUT2D eigenvalue weighted by Gasteiger charge is 2.34. The standard InChI is InChI=1S/C31H34O3/c1-7-18-32-28-16-14-25(21-23(28)4)31(6,27-12-10-11-13-30(27)34-20-9-3)26-15-17-29(24(5)22-26)33-19-8-2/h7-17,21-22H,1-3,18-20H2,4-6H3. The molecule has 0 aliphatic heterocycles. The second-order valence-electron chi connectivity index (χ2n) is 8.38. The van der Waals surface area contributed by atoms with Gasteiger partial charge < -0.3 is 14.2 Å². The molecule has 0 aliphatic rings. The van der Waals surface area contributed by atoms with Crippen LogP contribution in [-0.2, 0) is 5.41 Å². The molecular formula is C31H34O3. The van der Waals surface area contributed by atoms with Crippen molar-refractivity contribution >= 4 is 0 Å². The fraction of sp³-hybridized carbons (Fsp3) is 0.226. The van der Waals surface area contributed by atoms with Gasteiger partial charge in [0, 0.05) is 11.0 Å². The van der Waals surface area contributed by atoms with Crippen molar-refractivity contribution in [2.24, 2.45) is 0 Å². The SMILES string of the molecule is C=CCOc1ccc(C(C)(c2ccc(OCC=C)c(C)c2)c2ccccc2OCC=C)cc1C. The first-order chi connectivity index (χ1) is 16.4. The Morgan fingerprint density at radius 1 is 0.647 bits per heavy atom. The zero-order valence-corrected chi connectivity index (χ0v) is 20.5. The highest BCUT2D eigenvalue weighted by molar-refractivity contribution is 5.57. The Morgan fingerprint density at radius 2 is 1.09 bits per heavy atom. The monoisotopic (exact) mass is 454 g/mol. The van der Waals surface area contributed by atoms with E-state index in [0.717, 1.165) is 45.1 Å². The Labute approximate surface area is 204 Å². The number of ether oxygens (including phenoxy) is 3. The molecule has 176 valence electrons. The smallest absolute Gasteiger partial charge is 0.124 e. The second-order valence-corrected chi connectivity index (χ2v) is 8.38. The third-order valence-corrected chi connectivity index (χ3v) is 6.00. The molecule has 3 aromatic rings. The van der Waals surface area contributed by atoms with Gasteiger partial charge in [-0.25, -0.2) is 0 Å². The lowest BCUT2D eigenvalue weighted by Crippen LogP contribution is -2.26. The molecule has 0 saturated carbocycles. The number of hydrogen-bond acceptors (Lipinski definition) is 3. The number of hydrogen-bond donors (Lipinski definition) is 0. The van der Waals surface area contributed by atoms with Gasteiger partial charge in [0.05, 0.1) is 0 Å². The van der Waals surface area contributed by atoms with Gasteiger partial charge in [0.15, 0.2) is 0 Å². The van der Waals surface area contributed by atoms with E-state index >= 15 is 0 Å². The fourth-order valence-corrected chi connectivity index (χ4v) is 4.17. The summed E-state index contributed by atoms with van der Waals surface area (Å²) < 4.78 is 17.8. The predicted octanol–water partition coefficient (Wildman–Crippen LogP) is 7.35. The molecule has 0 bridgehead atoms. The molecule has 0 unspecified atom stereocenters. The van der Waals surface area contributed by atoms with Crippen LogP contribution in [0.4, 0.5) is 0 Å². The van der Waals surface area contributed by atoms with Gasteiger partial charge in [0.25, 0.3) is 0 Å². The molecule has 0 N–H and O–H groups in total. The summed E-state index contributed by atoms with van der Waals surface area (Å²) >= 11 is 0. The molecule has 0 spiro atoms. The van der Waals surface area contributed by atoms with Crippen molar-refractivity contribution in [2.45, 2.75) is 26.2 Å². The zero-order chi connectivity index (χ0) is 24.6. The van der Waals surface area contributed by atoms with Crippen molar-refractivity contribution in [1.29, 1.82) is 0 Å². The molecule has 3 rings (SSSR count). The largest absolute Gasteiger partial charge is 0.489 e. The molecule has 3 aromatic carbocycles. The molecule has 0 amide bonds. The number of para-hydroxylation sites is 1. The van der Waals surface area contributed by atoms with E-state index in [1.54, 1.807) is 18.2 Å². The Morgan fingerprint density at radius 3 is 1.53 bits per heavy atom. The lowest BCUT2D eigenvalue weighted by molar-refractivity contribution is 0.354. The maximum absolute atomic E-state index is 6.10. The first-order valence-corrected chi connectivity index (χ1v) is 11.5. The van der Waals surface area contributed by atoms with E-state index < -0.39 is 5.41 Å². The summed E-state index contributed by atoms with van der Waals surface area (Å²) in [6, 6.07) is 20.9. The van der Waals surface area contributed by atoms with Gasteiger partial charge in [-0.1, -0.05) is 80.4 Å². The van der Waals surface area contributed by atoms with Gasteiger partial charge in [-0.2, -0.15) is 0 Å². The molecule has 0 heterocycles. The molecule has 0 atom stereocenters. The van der Waals surface area contributed by atoms with E-state index in [1.165, 1.54) is 0 Å². The van der Waals surface area contributed by atoms with E-state index in [0.29, 0.717) is 19.8 Å². The van der Waals surface area contributed by atoms with Crippen molar-refractivity contribution in [1.82, 2.24) is 0 Å². The summed E-state index contributed by atoms with van der Waals surface area (Å²) in [4.78, 5) is 0. The van der Waals surface area contributed by atoms with Gasteiger partial charge >= 0.3 is 0 Å². The van der Waals surface area contributed by atoms with E-state index in [1.807, 2.05) is 24.3 Å². The summed E-state index contributed by atoms with van der Waals surface area (Å²) in [6.45, 7) is 19.1. The minimum absolute atomic E-state index is 0.438. The van der Waals surface area contributed by atoms with Crippen LogP contribution < -0.4 is 14.2 Å². The van der Waals surface area contributed by atoms with Crippen molar-refractivity contribution < 1.29 is 14.2 Å². The van der Waals surface area contributed by atoms with Crippen LogP contribution in [-0.4, -0.2) is 19.8 Å². The molecule has 0 radical (unpaired) electrons. The van der Waals surface area contributed by atoms with Gasteiger partial charge in [0.1, 0.15) is 37.1 Å². The van der Waals surface area contributed by atoms with Crippen LogP contribution in [0.5, 0.6) is 17.2 Å². The van der Waals surface area contributed by atoms with Crippen molar-refractivity contribution in [3.8, 4) is 17.2 Å². The Hall–Kier alpha value is -3.72. The number of aryl methyl sites for hydroxylation is 2. The normalized spacial score (nSPS) is 10.9. The van der Waals surface area contributed by atoms with Gasteiger partial charge in [-0.05, 0) is 61.2 Å². The number of rotatable bonds is 12. The van der Waals surface area contributed by atoms with Crippen LogP contribution >= 0.6 is 0 Å². The second kappa shape index (κ2) is 11.4. The Kier molecular flexibility index (Phi) is 8.37. The van der Waals surface area contributed by atoms with Crippen molar-refractivity contribution in [3.05, 3.63) is 126 Å². The molecule has 34 heavy (non-hydrogen) atoms. The Balaban J connectivity index is 2.20. The maximum Gasteiger partial charge on any atom is 0.124 e. The topological polar surface area (TPSA) is 27.7 Å². The molecule has 0 aromatic heterocycles. The molecule has 0 aliphatic carbocycles. The third-order valence-electron chi connectivity index (χ3n) is 6.00. The van der Waals surface area contributed by atoms with Gasteiger partial charge in [-0.3, -0.25) is 0 Å². The highest BCUT2D eigenvalue weighted by atomic mass is 16.5. The quantitative estimate of drug-likeness (QED) is 0.211. The first-order valence-electron chi connectivity index (χ1n) is 11.5. The van der Waals surface area contributed by atoms with Gasteiger partial charge in [0.2, 0.25) is 0 Å². The molecule has 0 fully saturated rings. The van der Waals surface area contributed by atoms with E-state index in [-0.39, 0.29) is 0 Å². The fourth-order valence-electron chi connectivity index (χ4n) is 4.17. The summed E-state index contributed by atoms with van der Waals surface area (Å²) in [7, 11) is 0. The van der Waals surface area contributed by atoms with Crippen LogP contribution in [0.15, 0.2) is 98.6 Å². The van der Waals surface area contributed by atoms with E-state index in [4.69, 9.17) is 14.2 Å². The van der Waals surface area contributed by atoms with Crippen LogP contribution in [0.3, 0.4) is 0 Å². The van der Waals surface area contributed by atoms with Crippen LogP contribution in [0.2, 0.25) is 0 Å². The lowest BCUT2D eigenvalue weighted by atomic mass is 9.70. The summed E-state index contributed by atoms with van der Waals surface area (Å²) in [5.41, 5.74) is 5.02. The summed E-state index contributed by atoms with van der Waals surface area (Å²) in [5, 5.41) is 0. The molecule has 3 nitrogen and oxygen atoms in total. The summed E-state index contributed by atoms with van der Waals surface area (Å²) in [6.07, 6.45) is 5.27. The van der Waals surface area contributed by atoms with E-state index in [2.05, 4.69) is 76.9 Å². The zero-order valence-electron chi connectivity index (χ0n) is 20.5. The highest BCUT2D eigenvalue weighted by Crippen LogP contribution is 2.45. The van der Waals surface area contributed by atoms with Crippen LogP contribution in [0, 0.1) is 13.8 Å². The van der Waals surface area contributed by atoms with Crippen LogP contribution in [0.25, 0.3) is 0 Å². The Bertz CT molecular complexity index is 1100. The maximum atomic E-state index is 6.10. The number of benzene rings is 3. The molecular weight excluding hydrogens is 420 g/mol. The average Bonchev–Trinajstić information content (AvgIpc) is 2.85. The minimum atomic E-state index is -0.485. The van der Waals surface area contributed by atoms with E-state index in [9.17, 15) is 0 Å². The average molecular weight is 455 g/mol. The minimum Gasteiger partial charge on any atom is -0.489 e. The molecule has 3 heteroatoms. The van der Waals surface area contributed by atoms with Crippen LogP contribution in [0.1, 0.15) is 34.7 Å². The third kappa shape index (κ3) is 5.26. The predicted molar refractivity (Wildman–Crippen MR) is 141 cm³/mol. The lowest BCUT2D eigenvalue weighted by Gasteiger charge is -2.34. The first kappa shape index (κ1) is 24.9. The summed E-state index contributed by atoms with van der Waals surface area (Å²) in [5.74, 6) is 2.54. The van der Waals surface area contributed by atoms with Crippen molar-refractivity contribution in [2.75, 3.05) is 19.8 Å². The molecule has 0 saturated heterocycles. The van der Waals surface area contributed by atoms with Crippen molar-refractivity contribution in [3.63, 3.8) is 0 Å². The van der Waals surface area contributed by atoms with Gasteiger partial charge in [-0.15, -0.1) is 0 Å².